The van der Waals surface area contributed by atoms with E-state index >= 15 is 0 Å². The molecule has 0 radical (unpaired) electrons. The second-order valence-corrected chi connectivity index (χ2v) is 6.65. The van der Waals surface area contributed by atoms with Crippen LogP contribution in [-0.2, 0) is 19.4 Å². The lowest BCUT2D eigenvalue weighted by atomic mass is 9.99. The molecule has 2 aromatic rings. The highest BCUT2D eigenvalue weighted by Gasteiger charge is 2.17. The van der Waals surface area contributed by atoms with Crippen molar-refractivity contribution in [3.05, 3.63) is 51.5 Å². The maximum atomic E-state index is 4.51. The van der Waals surface area contributed by atoms with Crippen LogP contribution < -0.4 is 5.32 Å². The predicted octanol–water partition coefficient (Wildman–Crippen LogP) is 4.26. The van der Waals surface area contributed by atoms with E-state index in [1.807, 2.05) is 17.5 Å². The van der Waals surface area contributed by atoms with Gasteiger partial charge in [-0.05, 0) is 36.8 Å². The van der Waals surface area contributed by atoms with Crippen molar-refractivity contribution >= 4 is 11.3 Å². The van der Waals surface area contributed by atoms with Gasteiger partial charge in [-0.25, -0.2) is 4.98 Å². The monoisotopic (exact) mass is 286 g/mol. The summed E-state index contributed by atoms with van der Waals surface area (Å²) in [5.74, 6) is 0. The SMILES string of the molecule is CCc1cnc(CNC2CCCCc3ccccc32)s1. The molecular formula is C17H22N2S. The van der Waals surface area contributed by atoms with Gasteiger partial charge in [-0.1, -0.05) is 37.6 Å². The van der Waals surface area contributed by atoms with Crippen molar-refractivity contribution in [3.63, 3.8) is 0 Å². The van der Waals surface area contributed by atoms with E-state index in [-0.39, 0.29) is 0 Å². The average molecular weight is 286 g/mol. The Morgan fingerprint density at radius 1 is 1.30 bits per heavy atom. The number of rotatable bonds is 4. The summed E-state index contributed by atoms with van der Waals surface area (Å²) in [5, 5.41) is 4.93. The first-order valence-corrected chi connectivity index (χ1v) is 8.43. The number of aromatic nitrogens is 1. The number of nitrogens with one attached hydrogen (secondary N) is 1. The molecule has 0 fully saturated rings. The summed E-state index contributed by atoms with van der Waals surface area (Å²) in [6, 6.07) is 9.39. The quantitative estimate of drug-likeness (QED) is 0.849. The van der Waals surface area contributed by atoms with Crippen molar-refractivity contribution in [1.82, 2.24) is 10.3 Å². The van der Waals surface area contributed by atoms with Crippen molar-refractivity contribution in [2.75, 3.05) is 0 Å². The topological polar surface area (TPSA) is 24.9 Å². The maximum absolute atomic E-state index is 4.51. The molecule has 0 aliphatic heterocycles. The molecule has 0 saturated carbocycles. The third kappa shape index (κ3) is 3.10. The van der Waals surface area contributed by atoms with E-state index in [9.17, 15) is 0 Å². The zero-order chi connectivity index (χ0) is 13.8. The molecular weight excluding hydrogens is 264 g/mol. The van der Waals surface area contributed by atoms with Crippen LogP contribution in [0.5, 0.6) is 0 Å². The number of aryl methyl sites for hydroxylation is 2. The van der Waals surface area contributed by atoms with Crippen molar-refractivity contribution < 1.29 is 0 Å². The largest absolute Gasteiger partial charge is 0.304 e. The summed E-state index contributed by atoms with van der Waals surface area (Å²) in [6.07, 6.45) is 8.19. The van der Waals surface area contributed by atoms with Crippen LogP contribution in [0.2, 0.25) is 0 Å². The Bertz CT molecular complexity index is 562. The zero-order valence-electron chi connectivity index (χ0n) is 12.1. The molecule has 1 unspecified atom stereocenters. The number of benzene rings is 1. The molecule has 2 nitrogen and oxygen atoms in total. The van der Waals surface area contributed by atoms with E-state index in [4.69, 9.17) is 0 Å². The van der Waals surface area contributed by atoms with Gasteiger partial charge in [-0.3, -0.25) is 0 Å². The molecule has 1 N–H and O–H groups in total. The van der Waals surface area contributed by atoms with Gasteiger partial charge in [0.15, 0.2) is 0 Å². The molecule has 0 saturated heterocycles. The third-order valence-corrected chi connectivity index (χ3v) is 5.21. The van der Waals surface area contributed by atoms with Crippen LogP contribution in [0.25, 0.3) is 0 Å². The average Bonchev–Trinajstić information content (AvgIpc) is 2.85. The molecule has 0 amide bonds. The summed E-state index contributed by atoms with van der Waals surface area (Å²) >= 11 is 1.83. The lowest BCUT2D eigenvalue weighted by molar-refractivity contribution is 0.488. The van der Waals surface area contributed by atoms with Crippen molar-refractivity contribution in [1.29, 1.82) is 0 Å². The molecule has 0 spiro atoms. The van der Waals surface area contributed by atoms with Gasteiger partial charge in [-0.15, -0.1) is 11.3 Å². The Balaban J connectivity index is 1.70. The first-order valence-electron chi connectivity index (χ1n) is 7.61. The highest BCUT2D eigenvalue weighted by molar-refractivity contribution is 7.11. The fraction of sp³-hybridized carbons (Fsp3) is 0.471. The molecule has 3 rings (SSSR count). The smallest absolute Gasteiger partial charge is 0.107 e. The van der Waals surface area contributed by atoms with E-state index in [0.717, 1.165) is 13.0 Å². The summed E-state index contributed by atoms with van der Waals surface area (Å²) in [4.78, 5) is 5.88. The Morgan fingerprint density at radius 3 is 3.05 bits per heavy atom. The van der Waals surface area contributed by atoms with Crippen LogP contribution >= 0.6 is 11.3 Å². The third-order valence-electron chi connectivity index (χ3n) is 4.07. The van der Waals surface area contributed by atoms with Crippen LogP contribution in [0.15, 0.2) is 30.5 Å². The van der Waals surface area contributed by atoms with Gasteiger partial charge in [0, 0.05) is 23.7 Å². The van der Waals surface area contributed by atoms with Gasteiger partial charge in [0.2, 0.25) is 0 Å². The molecule has 1 aromatic carbocycles. The van der Waals surface area contributed by atoms with E-state index in [0.29, 0.717) is 6.04 Å². The van der Waals surface area contributed by atoms with Gasteiger partial charge in [0.1, 0.15) is 5.01 Å². The molecule has 1 aromatic heterocycles. The molecule has 0 bridgehead atoms. The fourth-order valence-corrected chi connectivity index (χ4v) is 3.75. The van der Waals surface area contributed by atoms with E-state index in [1.54, 1.807) is 0 Å². The van der Waals surface area contributed by atoms with Crippen LogP contribution in [0.1, 0.15) is 53.2 Å². The van der Waals surface area contributed by atoms with Gasteiger partial charge < -0.3 is 5.32 Å². The Kier molecular flexibility index (Phi) is 4.48. The number of hydrogen-bond donors (Lipinski definition) is 1. The number of thiazole rings is 1. The fourth-order valence-electron chi connectivity index (χ4n) is 2.94. The molecule has 106 valence electrons. The summed E-state index contributed by atoms with van der Waals surface area (Å²) < 4.78 is 0. The van der Waals surface area contributed by atoms with Crippen molar-refractivity contribution in [2.45, 2.75) is 51.6 Å². The Hall–Kier alpha value is -1.19. The second kappa shape index (κ2) is 6.51. The van der Waals surface area contributed by atoms with Crippen molar-refractivity contribution in [3.8, 4) is 0 Å². The molecule has 3 heteroatoms. The minimum Gasteiger partial charge on any atom is -0.304 e. The molecule has 1 heterocycles. The van der Waals surface area contributed by atoms with Crippen LogP contribution in [0.4, 0.5) is 0 Å². The Labute approximate surface area is 125 Å². The first kappa shape index (κ1) is 13.8. The van der Waals surface area contributed by atoms with E-state index in [1.165, 1.54) is 46.7 Å². The summed E-state index contributed by atoms with van der Waals surface area (Å²) in [6.45, 7) is 3.08. The zero-order valence-corrected chi connectivity index (χ0v) is 12.9. The molecule has 1 aliphatic rings. The van der Waals surface area contributed by atoms with E-state index < -0.39 is 0 Å². The minimum atomic E-state index is 0.489. The van der Waals surface area contributed by atoms with Gasteiger partial charge in [0.25, 0.3) is 0 Å². The number of fused-ring (bicyclic) bond motifs is 1. The molecule has 1 atom stereocenters. The highest BCUT2D eigenvalue weighted by Crippen LogP contribution is 2.29. The van der Waals surface area contributed by atoms with Gasteiger partial charge >= 0.3 is 0 Å². The number of nitrogens with zero attached hydrogens (tertiary/aromatic N) is 1. The van der Waals surface area contributed by atoms with Gasteiger partial charge in [-0.2, -0.15) is 0 Å². The number of hydrogen-bond acceptors (Lipinski definition) is 3. The van der Waals surface area contributed by atoms with Crippen LogP contribution in [-0.4, -0.2) is 4.98 Å². The summed E-state index contributed by atoms with van der Waals surface area (Å²) in [5.41, 5.74) is 3.02. The Morgan fingerprint density at radius 2 is 2.20 bits per heavy atom. The molecule has 20 heavy (non-hydrogen) atoms. The minimum absolute atomic E-state index is 0.489. The lowest BCUT2D eigenvalue weighted by Gasteiger charge is -2.18. The highest BCUT2D eigenvalue weighted by atomic mass is 32.1. The van der Waals surface area contributed by atoms with Gasteiger partial charge in [0.05, 0.1) is 0 Å². The first-order chi connectivity index (χ1) is 9.86. The maximum Gasteiger partial charge on any atom is 0.107 e. The van der Waals surface area contributed by atoms with Crippen LogP contribution in [0.3, 0.4) is 0 Å². The normalized spacial score (nSPS) is 18.6. The van der Waals surface area contributed by atoms with Crippen molar-refractivity contribution in [2.24, 2.45) is 0 Å². The standard InChI is InChI=1S/C17H22N2S/c1-2-14-11-19-17(20-14)12-18-16-10-6-4-8-13-7-3-5-9-15(13)16/h3,5,7,9,11,16,18H,2,4,6,8,10,12H2,1H3. The predicted molar refractivity (Wildman–Crippen MR) is 85.1 cm³/mol. The lowest BCUT2D eigenvalue weighted by Crippen LogP contribution is -2.21. The summed E-state index contributed by atoms with van der Waals surface area (Å²) in [7, 11) is 0. The second-order valence-electron chi connectivity index (χ2n) is 5.45. The van der Waals surface area contributed by atoms with Crippen LogP contribution in [0, 0.1) is 0 Å². The molecule has 1 aliphatic carbocycles. The van der Waals surface area contributed by atoms with E-state index in [2.05, 4.69) is 41.5 Å².